The van der Waals surface area contributed by atoms with Crippen LogP contribution in [-0.4, -0.2) is 42.5 Å². The molecule has 0 aromatic carbocycles. The highest BCUT2D eigenvalue weighted by molar-refractivity contribution is 5.81. The van der Waals surface area contributed by atoms with E-state index in [1.807, 2.05) is 11.8 Å². The minimum absolute atomic E-state index is 0.0686. The lowest BCUT2D eigenvalue weighted by molar-refractivity contribution is -0.154. The van der Waals surface area contributed by atoms with Crippen molar-refractivity contribution in [2.45, 2.75) is 71.8 Å². The van der Waals surface area contributed by atoms with Gasteiger partial charge in [-0.2, -0.15) is 0 Å². The van der Waals surface area contributed by atoms with Crippen LogP contribution in [0.15, 0.2) is 0 Å². The van der Waals surface area contributed by atoms with Gasteiger partial charge in [-0.25, -0.2) is 0 Å². The molecular formula is C18H34N2O3. The van der Waals surface area contributed by atoms with E-state index >= 15 is 0 Å². The van der Waals surface area contributed by atoms with E-state index in [4.69, 9.17) is 10.5 Å². The average molecular weight is 326 g/mol. The predicted octanol–water partition coefficient (Wildman–Crippen LogP) is 2.72. The van der Waals surface area contributed by atoms with Crippen LogP contribution in [-0.2, 0) is 14.3 Å². The largest absolute Gasteiger partial charge is 0.456 e. The highest BCUT2D eigenvalue weighted by Gasteiger charge is 2.25. The van der Waals surface area contributed by atoms with Gasteiger partial charge < -0.3 is 15.4 Å². The third kappa shape index (κ3) is 7.34. The first-order chi connectivity index (χ1) is 11.0. The number of hydrogen-bond donors (Lipinski definition) is 1. The smallest absolute Gasteiger partial charge is 0.306 e. The van der Waals surface area contributed by atoms with Crippen molar-refractivity contribution in [2.24, 2.45) is 17.6 Å². The van der Waals surface area contributed by atoms with Crippen LogP contribution < -0.4 is 5.73 Å². The van der Waals surface area contributed by atoms with Crippen LogP contribution in [0.5, 0.6) is 0 Å². The lowest BCUT2D eigenvalue weighted by Gasteiger charge is -2.33. The minimum atomic E-state index is -0.311. The molecule has 0 saturated heterocycles. The Kier molecular flexibility index (Phi) is 9.22. The van der Waals surface area contributed by atoms with Gasteiger partial charge >= 0.3 is 5.97 Å². The summed E-state index contributed by atoms with van der Waals surface area (Å²) < 4.78 is 5.21. The van der Waals surface area contributed by atoms with Gasteiger partial charge in [0.1, 0.15) is 0 Å². The van der Waals surface area contributed by atoms with Gasteiger partial charge in [-0.15, -0.1) is 0 Å². The zero-order valence-electron chi connectivity index (χ0n) is 15.1. The maximum atomic E-state index is 12.3. The fourth-order valence-electron chi connectivity index (χ4n) is 3.48. The summed E-state index contributed by atoms with van der Waals surface area (Å²) >= 11 is 0. The quantitative estimate of drug-likeness (QED) is 0.661. The van der Waals surface area contributed by atoms with Crippen LogP contribution in [0.2, 0.25) is 0 Å². The number of esters is 1. The van der Waals surface area contributed by atoms with E-state index in [0.717, 1.165) is 19.3 Å². The number of hydrogen-bond acceptors (Lipinski definition) is 4. The lowest BCUT2D eigenvalue weighted by Crippen LogP contribution is -2.43. The van der Waals surface area contributed by atoms with E-state index in [0.29, 0.717) is 31.5 Å². The molecule has 1 aliphatic rings. The van der Waals surface area contributed by atoms with Gasteiger partial charge in [0.15, 0.2) is 6.61 Å². The molecule has 5 nitrogen and oxygen atoms in total. The van der Waals surface area contributed by atoms with Crippen LogP contribution in [0.25, 0.3) is 0 Å². The van der Waals surface area contributed by atoms with Crippen LogP contribution in [0.4, 0.5) is 0 Å². The number of amides is 1. The normalized spacial score (nSPS) is 17.1. The van der Waals surface area contributed by atoms with Gasteiger partial charge in [0.2, 0.25) is 0 Å². The Hall–Kier alpha value is -1.10. The highest BCUT2D eigenvalue weighted by atomic mass is 16.5. The molecule has 1 fully saturated rings. The van der Waals surface area contributed by atoms with Crippen molar-refractivity contribution >= 4 is 11.9 Å². The summed E-state index contributed by atoms with van der Waals surface area (Å²) in [6.45, 7) is 7.23. The van der Waals surface area contributed by atoms with Crippen LogP contribution in [0, 0.1) is 11.8 Å². The molecule has 0 aromatic rings. The van der Waals surface area contributed by atoms with Crippen molar-refractivity contribution < 1.29 is 14.3 Å². The minimum Gasteiger partial charge on any atom is -0.456 e. The zero-order chi connectivity index (χ0) is 17.2. The van der Waals surface area contributed by atoms with Gasteiger partial charge in [0.05, 0.1) is 0 Å². The lowest BCUT2D eigenvalue weighted by atomic mass is 9.94. The molecule has 2 N–H and O–H groups in total. The van der Waals surface area contributed by atoms with Gasteiger partial charge in [0, 0.05) is 19.0 Å². The summed E-state index contributed by atoms with van der Waals surface area (Å²) in [7, 11) is 0. The van der Waals surface area contributed by atoms with E-state index in [1.54, 1.807) is 0 Å². The summed E-state index contributed by atoms with van der Waals surface area (Å²) in [6, 6.07) is 0.317. The molecule has 0 unspecified atom stereocenters. The maximum absolute atomic E-state index is 12.3. The van der Waals surface area contributed by atoms with Crippen molar-refractivity contribution in [2.75, 3.05) is 19.7 Å². The van der Waals surface area contributed by atoms with Gasteiger partial charge in [-0.3, -0.25) is 9.59 Å². The second-order valence-corrected chi connectivity index (χ2v) is 7.07. The first-order valence-electron chi connectivity index (χ1n) is 9.13. The maximum Gasteiger partial charge on any atom is 0.306 e. The highest BCUT2D eigenvalue weighted by Crippen LogP contribution is 2.22. The van der Waals surface area contributed by atoms with E-state index < -0.39 is 0 Å². The van der Waals surface area contributed by atoms with E-state index in [1.165, 1.54) is 19.3 Å². The molecule has 0 aliphatic heterocycles. The number of ether oxygens (including phenoxy) is 1. The fourth-order valence-corrected chi connectivity index (χ4v) is 3.48. The molecule has 1 amide bonds. The van der Waals surface area contributed by atoms with Crippen molar-refractivity contribution in [3.8, 4) is 0 Å². The van der Waals surface area contributed by atoms with Gasteiger partial charge in [-0.1, -0.05) is 33.1 Å². The molecule has 1 rings (SSSR count). The van der Waals surface area contributed by atoms with Gasteiger partial charge in [0.25, 0.3) is 5.91 Å². The Morgan fingerprint density at radius 1 is 1.22 bits per heavy atom. The van der Waals surface area contributed by atoms with Crippen LogP contribution >= 0.6 is 0 Å². The molecular weight excluding hydrogens is 292 g/mol. The standard InChI is InChI=1S/C18H34N2O3/c1-4-20(16-8-6-5-7-9-16)17(21)13-23-18(22)11-15(12-19)10-14(2)3/h14-16H,4-13,19H2,1-3H3/t15-/m0/s1. The predicted molar refractivity (Wildman–Crippen MR) is 91.8 cm³/mol. The Labute approximate surface area is 140 Å². The van der Waals surface area contributed by atoms with Crippen molar-refractivity contribution in [3.05, 3.63) is 0 Å². The molecule has 134 valence electrons. The Bertz CT molecular complexity index is 365. The summed E-state index contributed by atoms with van der Waals surface area (Å²) in [6.07, 6.45) is 6.96. The summed E-state index contributed by atoms with van der Waals surface area (Å²) in [4.78, 5) is 26.1. The zero-order valence-corrected chi connectivity index (χ0v) is 15.1. The number of carbonyl (C=O) groups is 2. The molecule has 23 heavy (non-hydrogen) atoms. The topological polar surface area (TPSA) is 72.6 Å². The number of likely N-dealkylation sites (N-methyl/N-ethyl adjacent to an activating group) is 1. The second kappa shape index (κ2) is 10.6. The summed E-state index contributed by atoms with van der Waals surface area (Å²) in [5, 5.41) is 0. The van der Waals surface area contributed by atoms with E-state index in [-0.39, 0.29) is 24.4 Å². The van der Waals surface area contributed by atoms with Crippen molar-refractivity contribution in [1.82, 2.24) is 4.90 Å². The Balaban J connectivity index is 2.39. The molecule has 0 heterocycles. The van der Waals surface area contributed by atoms with E-state index in [9.17, 15) is 9.59 Å². The number of nitrogens with two attached hydrogens (primary N) is 1. The fraction of sp³-hybridized carbons (Fsp3) is 0.889. The van der Waals surface area contributed by atoms with Crippen molar-refractivity contribution in [1.29, 1.82) is 0 Å². The SMILES string of the molecule is CCN(C(=O)COC(=O)C[C@@H](CN)CC(C)C)C1CCCCC1. The second-order valence-electron chi connectivity index (χ2n) is 7.07. The molecule has 0 spiro atoms. The number of rotatable bonds is 9. The number of nitrogens with zero attached hydrogens (tertiary/aromatic N) is 1. The van der Waals surface area contributed by atoms with Crippen LogP contribution in [0.1, 0.15) is 65.7 Å². The third-order valence-corrected chi connectivity index (χ3v) is 4.63. The third-order valence-electron chi connectivity index (χ3n) is 4.63. The molecule has 0 radical (unpaired) electrons. The molecule has 0 aromatic heterocycles. The molecule has 1 atom stereocenters. The molecule has 1 saturated carbocycles. The van der Waals surface area contributed by atoms with Crippen LogP contribution in [0.3, 0.4) is 0 Å². The van der Waals surface area contributed by atoms with Gasteiger partial charge in [-0.05, 0) is 44.6 Å². The van der Waals surface area contributed by atoms with E-state index in [2.05, 4.69) is 13.8 Å². The summed E-state index contributed by atoms with van der Waals surface area (Å²) in [5.74, 6) is 0.258. The first kappa shape index (κ1) is 19.9. The Morgan fingerprint density at radius 3 is 2.39 bits per heavy atom. The monoisotopic (exact) mass is 326 g/mol. The summed E-state index contributed by atoms with van der Waals surface area (Å²) in [5.41, 5.74) is 5.71. The number of carbonyl (C=O) groups excluding carboxylic acids is 2. The molecule has 1 aliphatic carbocycles. The molecule has 5 heteroatoms. The first-order valence-corrected chi connectivity index (χ1v) is 9.13. The Morgan fingerprint density at radius 2 is 1.87 bits per heavy atom. The average Bonchev–Trinajstić information content (AvgIpc) is 2.53. The van der Waals surface area contributed by atoms with Crippen molar-refractivity contribution in [3.63, 3.8) is 0 Å². The molecule has 0 bridgehead atoms.